The molecule has 3 amide bonds. The lowest BCUT2D eigenvalue weighted by molar-refractivity contribution is -0.113. The number of ether oxygens (including phenoxy) is 1. The Morgan fingerprint density at radius 2 is 1.62 bits per heavy atom. The van der Waals surface area contributed by atoms with Crippen LogP contribution in [0.5, 0.6) is 0 Å². The van der Waals surface area contributed by atoms with Gasteiger partial charge in [-0.05, 0) is 94.1 Å². The number of carbonyl (C=O) groups excluding carboxylic acids is 4. The smallest absolute Gasteiger partial charge is 0.339 e. The molecule has 1 aliphatic rings. The molecule has 0 fully saturated rings. The third-order valence-electron chi connectivity index (χ3n) is 5.64. The van der Waals surface area contributed by atoms with Crippen LogP contribution in [0.1, 0.15) is 31.1 Å². The van der Waals surface area contributed by atoms with Crippen LogP contribution in [0.15, 0.2) is 64.7 Å². The van der Waals surface area contributed by atoms with Crippen molar-refractivity contribution in [1.29, 1.82) is 0 Å². The van der Waals surface area contributed by atoms with E-state index in [2.05, 4.69) is 74.0 Å². The maximum atomic E-state index is 13.3. The summed E-state index contributed by atoms with van der Waals surface area (Å²) >= 11 is 16.3. The monoisotopic (exact) mass is 815 g/mol. The number of aromatic nitrogens is 1. The maximum absolute atomic E-state index is 13.3. The first kappa shape index (κ1) is 28.4. The lowest BCUT2D eigenvalue weighted by atomic mass is 10.1. The number of amides is 3. The number of hydrogen-bond donors (Lipinski definition) is 1. The van der Waals surface area contributed by atoms with Gasteiger partial charge in [-0.2, -0.15) is 0 Å². The number of esters is 1. The molecule has 0 atom stereocenters. The van der Waals surface area contributed by atoms with E-state index in [-0.39, 0.29) is 28.4 Å². The molecule has 1 aromatic heterocycles. The molecule has 198 valence electrons. The summed E-state index contributed by atoms with van der Waals surface area (Å²) in [5.74, 6) is -1.68. The molecular weight excluding hydrogens is 806 g/mol. The van der Waals surface area contributed by atoms with Crippen molar-refractivity contribution in [2.45, 2.75) is 4.34 Å². The minimum atomic E-state index is -0.543. The van der Waals surface area contributed by atoms with Gasteiger partial charge < -0.3 is 10.1 Å². The number of fused-ring (bicyclic) bond motifs is 2. The first-order chi connectivity index (χ1) is 18.6. The van der Waals surface area contributed by atoms with Crippen molar-refractivity contribution in [2.24, 2.45) is 0 Å². The van der Waals surface area contributed by atoms with E-state index in [9.17, 15) is 19.2 Å². The molecule has 0 spiro atoms. The summed E-state index contributed by atoms with van der Waals surface area (Å²) in [7, 11) is 1.28. The zero-order valence-electron chi connectivity index (χ0n) is 19.5. The molecule has 2 heterocycles. The van der Waals surface area contributed by atoms with Gasteiger partial charge in [0.2, 0.25) is 5.91 Å². The van der Waals surface area contributed by atoms with E-state index in [1.807, 2.05) is 0 Å². The van der Waals surface area contributed by atoms with Crippen molar-refractivity contribution in [3.8, 4) is 0 Å². The average molecular weight is 819 g/mol. The number of thioether (sulfide) groups is 1. The Balaban J connectivity index is 1.34. The number of carbonyl (C=O) groups is 4. The number of rotatable bonds is 6. The number of nitrogens with zero attached hydrogens (tertiary/aromatic N) is 2. The number of thiazole rings is 1. The van der Waals surface area contributed by atoms with Gasteiger partial charge in [0.15, 0.2) is 4.34 Å². The van der Waals surface area contributed by atoms with Gasteiger partial charge in [0.25, 0.3) is 11.8 Å². The van der Waals surface area contributed by atoms with Crippen LogP contribution >= 0.6 is 86.8 Å². The van der Waals surface area contributed by atoms with E-state index in [1.54, 1.807) is 42.5 Å². The first-order valence-corrected chi connectivity index (χ1v) is 15.8. The average Bonchev–Trinajstić information content (AvgIpc) is 3.46. The van der Waals surface area contributed by atoms with Crippen molar-refractivity contribution < 1.29 is 23.9 Å². The Bertz CT molecular complexity index is 1680. The van der Waals surface area contributed by atoms with Gasteiger partial charge in [-0.1, -0.05) is 23.9 Å². The van der Waals surface area contributed by atoms with E-state index in [4.69, 9.17) is 4.74 Å². The minimum Gasteiger partial charge on any atom is -0.465 e. The van der Waals surface area contributed by atoms with Crippen LogP contribution in [0.4, 0.5) is 11.4 Å². The van der Waals surface area contributed by atoms with Gasteiger partial charge in [-0.3, -0.25) is 14.4 Å². The second-order valence-electron chi connectivity index (χ2n) is 7.96. The molecule has 1 aliphatic heterocycles. The Kier molecular flexibility index (Phi) is 8.32. The Morgan fingerprint density at radius 1 is 0.974 bits per heavy atom. The molecule has 39 heavy (non-hydrogen) atoms. The molecule has 0 radical (unpaired) electrons. The molecule has 3 aromatic carbocycles. The molecular formula is C25H13Br4N3O5S2. The summed E-state index contributed by atoms with van der Waals surface area (Å²) in [6.07, 6.45) is 0. The van der Waals surface area contributed by atoms with Crippen LogP contribution < -0.4 is 10.2 Å². The van der Waals surface area contributed by atoms with Gasteiger partial charge in [-0.15, -0.1) is 11.3 Å². The number of halogens is 4. The zero-order chi connectivity index (χ0) is 28.0. The standard InChI is InChI=1S/C25H13Br4N3O5S2/c1-37-24(36)11-4-2-3-5-12(11)30-15(33)9-38-25-31-13-7-6-10(8-14(13)39-25)32-22(34)16-17(23(32)35)19(27)21(29)20(28)18(16)26/h2-8H,9H2,1H3,(H,30,33). The van der Waals surface area contributed by atoms with Crippen LogP contribution in [0, 0.1) is 0 Å². The number of benzene rings is 3. The molecule has 0 saturated heterocycles. The summed E-state index contributed by atoms with van der Waals surface area (Å²) in [6.45, 7) is 0. The van der Waals surface area contributed by atoms with Crippen LogP contribution in [-0.2, 0) is 9.53 Å². The summed E-state index contributed by atoms with van der Waals surface area (Å²) in [6, 6.07) is 11.7. The zero-order valence-corrected chi connectivity index (χ0v) is 27.5. The summed E-state index contributed by atoms with van der Waals surface area (Å²) in [5, 5.41) is 2.73. The van der Waals surface area contributed by atoms with E-state index >= 15 is 0 Å². The highest BCUT2D eigenvalue weighted by Crippen LogP contribution is 2.46. The van der Waals surface area contributed by atoms with Gasteiger partial charge in [-0.25, -0.2) is 14.7 Å². The van der Waals surface area contributed by atoms with Crippen LogP contribution in [-0.4, -0.2) is 41.5 Å². The Labute approximate surface area is 263 Å². The molecule has 0 bridgehead atoms. The molecule has 5 rings (SSSR count). The van der Waals surface area contributed by atoms with Crippen molar-refractivity contribution in [3.05, 3.63) is 77.0 Å². The summed E-state index contributed by atoms with van der Waals surface area (Å²) in [4.78, 5) is 56.9. The molecule has 0 unspecified atom stereocenters. The quantitative estimate of drug-likeness (QED) is 0.0701. The molecule has 4 aromatic rings. The van der Waals surface area contributed by atoms with E-state index < -0.39 is 17.8 Å². The number of anilines is 2. The number of nitrogens with one attached hydrogen (secondary N) is 1. The fourth-order valence-electron chi connectivity index (χ4n) is 3.87. The van der Waals surface area contributed by atoms with Crippen molar-refractivity contribution in [1.82, 2.24) is 4.98 Å². The van der Waals surface area contributed by atoms with E-state index in [1.165, 1.54) is 30.2 Å². The first-order valence-electron chi connectivity index (χ1n) is 10.9. The van der Waals surface area contributed by atoms with Gasteiger partial charge in [0.05, 0.1) is 51.1 Å². The third-order valence-corrected chi connectivity index (χ3v) is 12.6. The van der Waals surface area contributed by atoms with E-state index in [0.717, 1.165) is 9.60 Å². The SMILES string of the molecule is COC(=O)c1ccccc1NC(=O)CSc1nc2ccc(N3C(=O)c4c(Br)c(Br)c(Br)c(Br)c4C3=O)cc2s1. The molecule has 0 saturated carbocycles. The second kappa shape index (κ2) is 11.4. The van der Waals surface area contributed by atoms with Crippen molar-refractivity contribution in [2.75, 3.05) is 23.1 Å². The summed E-state index contributed by atoms with van der Waals surface area (Å²) in [5.41, 5.74) is 2.24. The normalized spacial score (nSPS) is 12.7. The predicted molar refractivity (Wildman–Crippen MR) is 165 cm³/mol. The Hall–Kier alpha value is -2.10. The van der Waals surface area contributed by atoms with Crippen LogP contribution in [0.25, 0.3) is 10.2 Å². The van der Waals surface area contributed by atoms with Gasteiger partial charge in [0.1, 0.15) is 0 Å². The fourth-order valence-corrected chi connectivity index (χ4v) is 8.23. The topological polar surface area (TPSA) is 106 Å². The van der Waals surface area contributed by atoms with Crippen molar-refractivity contribution >= 4 is 132 Å². The fraction of sp³-hybridized carbons (Fsp3) is 0.0800. The lowest BCUT2D eigenvalue weighted by Crippen LogP contribution is -2.29. The highest BCUT2D eigenvalue weighted by Gasteiger charge is 2.42. The van der Waals surface area contributed by atoms with E-state index in [0.29, 0.717) is 39.1 Å². The van der Waals surface area contributed by atoms with Gasteiger partial charge in [0, 0.05) is 17.9 Å². The van der Waals surface area contributed by atoms with Crippen molar-refractivity contribution in [3.63, 3.8) is 0 Å². The summed E-state index contributed by atoms with van der Waals surface area (Å²) < 4.78 is 8.36. The predicted octanol–water partition coefficient (Wildman–Crippen LogP) is 7.66. The third kappa shape index (κ3) is 5.22. The molecule has 0 aliphatic carbocycles. The number of hydrogen-bond acceptors (Lipinski definition) is 8. The lowest BCUT2D eigenvalue weighted by Gasteiger charge is -2.13. The largest absolute Gasteiger partial charge is 0.465 e. The highest BCUT2D eigenvalue weighted by atomic mass is 79.9. The second-order valence-corrected chi connectivity index (χ2v) is 13.4. The maximum Gasteiger partial charge on any atom is 0.339 e. The molecule has 14 heteroatoms. The highest BCUT2D eigenvalue weighted by molar-refractivity contribution is 9.15. The minimum absolute atomic E-state index is 0.0619. The number of methoxy groups -OCH3 is 1. The molecule has 1 N–H and O–H groups in total. The molecule has 8 nitrogen and oxygen atoms in total. The van der Waals surface area contributed by atoms with Crippen LogP contribution in [0.3, 0.4) is 0 Å². The van der Waals surface area contributed by atoms with Gasteiger partial charge >= 0.3 is 5.97 Å². The Morgan fingerprint density at radius 3 is 2.26 bits per heavy atom. The van der Waals surface area contributed by atoms with Crippen LogP contribution in [0.2, 0.25) is 0 Å². The number of para-hydroxylation sites is 1. The number of imide groups is 1.